The molecule has 1 aliphatic rings. The van der Waals surface area contributed by atoms with Crippen LogP contribution in [-0.4, -0.2) is 47.9 Å². The van der Waals surface area contributed by atoms with E-state index in [9.17, 15) is 4.79 Å². The second-order valence-corrected chi connectivity index (χ2v) is 3.68. The second kappa shape index (κ2) is 4.61. The van der Waals surface area contributed by atoms with Crippen molar-refractivity contribution in [2.24, 2.45) is 0 Å². The van der Waals surface area contributed by atoms with E-state index in [4.69, 9.17) is 0 Å². The van der Waals surface area contributed by atoms with Crippen LogP contribution in [0, 0.1) is 0 Å². The summed E-state index contributed by atoms with van der Waals surface area (Å²) in [5.74, 6) is 0.295. The molecule has 1 unspecified atom stereocenters. The first-order chi connectivity index (χ1) is 6.19. The van der Waals surface area contributed by atoms with Crippen molar-refractivity contribution in [3.8, 4) is 0 Å². The van der Waals surface area contributed by atoms with Crippen LogP contribution in [-0.2, 0) is 4.79 Å². The summed E-state index contributed by atoms with van der Waals surface area (Å²) in [4.78, 5) is 15.9. The highest BCUT2D eigenvalue weighted by atomic mass is 16.2. The molecule has 0 radical (unpaired) electrons. The van der Waals surface area contributed by atoms with Gasteiger partial charge in [0.25, 0.3) is 0 Å². The minimum absolute atomic E-state index is 0.295. The maximum Gasteiger partial charge on any atom is 0.222 e. The van der Waals surface area contributed by atoms with Gasteiger partial charge in [-0.1, -0.05) is 13.8 Å². The first-order valence-electron chi connectivity index (χ1n) is 5.20. The molecule has 1 rings (SSSR count). The molecular formula is C10H20N2O. The average Bonchev–Trinajstić information content (AvgIpc) is 2.16. The lowest BCUT2D eigenvalue weighted by molar-refractivity contribution is -0.135. The largest absolute Gasteiger partial charge is 0.337 e. The van der Waals surface area contributed by atoms with E-state index in [1.54, 1.807) is 0 Å². The average molecular weight is 184 g/mol. The number of carbonyl (C=O) groups excluding carboxylic acids is 1. The highest BCUT2D eigenvalue weighted by Gasteiger charge is 2.25. The number of hydrogen-bond acceptors (Lipinski definition) is 2. The van der Waals surface area contributed by atoms with Crippen LogP contribution in [0.2, 0.25) is 0 Å². The van der Waals surface area contributed by atoms with Crippen molar-refractivity contribution in [2.75, 3.05) is 26.2 Å². The minimum atomic E-state index is 0.295. The van der Waals surface area contributed by atoms with E-state index in [2.05, 4.69) is 18.7 Å². The Labute approximate surface area is 80.7 Å². The summed E-state index contributed by atoms with van der Waals surface area (Å²) in [6.07, 6.45) is 0.635. The molecule has 0 aliphatic carbocycles. The van der Waals surface area contributed by atoms with Crippen molar-refractivity contribution in [2.45, 2.75) is 33.2 Å². The fraction of sp³-hybridized carbons (Fsp3) is 0.900. The van der Waals surface area contributed by atoms with Gasteiger partial charge in [-0.05, 0) is 13.5 Å². The van der Waals surface area contributed by atoms with Crippen LogP contribution >= 0.6 is 0 Å². The number of rotatable bonds is 2. The molecule has 13 heavy (non-hydrogen) atoms. The van der Waals surface area contributed by atoms with Crippen LogP contribution in [0.15, 0.2) is 0 Å². The topological polar surface area (TPSA) is 23.6 Å². The molecule has 1 aliphatic heterocycles. The highest BCUT2D eigenvalue weighted by Crippen LogP contribution is 2.10. The van der Waals surface area contributed by atoms with Gasteiger partial charge in [-0.2, -0.15) is 0 Å². The summed E-state index contributed by atoms with van der Waals surface area (Å²) in [5, 5.41) is 0. The standard InChI is InChI=1S/C10H20N2O/c1-4-10(13)12-7-6-11(5-2)8-9(12)3/h9H,4-8H2,1-3H3. The number of amides is 1. The van der Waals surface area contributed by atoms with Crippen molar-refractivity contribution in [1.29, 1.82) is 0 Å². The Kier molecular flexibility index (Phi) is 3.72. The predicted molar refractivity (Wildman–Crippen MR) is 53.6 cm³/mol. The van der Waals surface area contributed by atoms with Crippen molar-refractivity contribution >= 4 is 5.91 Å². The predicted octanol–water partition coefficient (Wildman–Crippen LogP) is 0.949. The van der Waals surface area contributed by atoms with Crippen molar-refractivity contribution in [3.63, 3.8) is 0 Å². The van der Waals surface area contributed by atoms with Gasteiger partial charge in [0.05, 0.1) is 0 Å². The minimum Gasteiger partial charge on any atom is -0.337 e. The molecule has 0 aromatic carbocycles. The molecule has 0 saturated carbocycles. The van der Waals surface area contributed by atoms with Crippen LogP contribution in [0.25, 0.3) is 0 Å². The van der Waals surface area contributed by atoms with Gasteiger partial charge in [0.2, 0.25) is 5.91 Å². The molecule has 3 heteroatoms. The fourth-order valence-electron chi connectivity index (χ4n) is 1.89. The third-order valence-electron chi connectivity index (χ3n) is 2.78. The van der Waals surface area contributed by atoms with Gasteiger partial charge in [-0.15, -0.1) is 0 Å². The van der Waals surface area contributed by atoms with E-state index in [0.717, 1.165) is 26.2 Å². The Hall–Kier alpha value is -0.570. The first-order valence-corrected chi connectivity index (χ1v) is 5.20. The Bertz CT molecular complexity index is 182. The van der Waals surface area contributed by atoms with E-state index in [1.165, 1.54) is 0 Å². The van der Waals surface area contributed by atoms with Crippen molar-refractivity contribution in [3.05, 3.63) is 0 Å². The maximum absolute atomic E-state index is 11.5. The van der Waals surface area contributed by atoms with Gasteiger partial charge in [-0.3, -0.25) is 9.69 Å². The number of nitrogens with zero attached hydrogens (tertiary/aromatic N) is 2. The zero-order valence-corrected chi connectivity index (χ0v) is 8.92. The lowest BCUT2D eigenvalue weighted by Crippen LogP contribution is -2.53. The first kappa shape index (κ1) is 10.5. The molecule has 0 bridgehead atoms. The van der Waals surface area contributed by atoms with Crippen LogP contribution < -0.4 is 0 Å². The third-order valence-corrected chi connectivity index (χ3v) is 2.78. The van der Waals surface area contributed by atoms with E-state index in [-0.39, 0.29) is 0 Å². The molecule has 1 fully saturated rings. The number of piperazine rings is 1. The van der Waals surface area contributed by atoms with E-state index in [0.29, 0.717) is 18.4 Å². The molecular weight excluding hydrogens is 164 g/mol. The SMILES string of the molecule is CCC(=O)N1CCN(CC)CC1C. The maximum atomic E-state index is 11.5. The van der Waals surface area contributed by atoms with Gasteiger partial charge in [0, 0.05) is 32.1 Å². The molecule has 76 valence electrons. The van der Waals surface area contributed by atoms with E-state index in [1.807, 2.05) is 11.8 Å². The number of likely N-dealkylation sites (N-methyl/N-ethyl adjacent to an activating group) is 1. The van der Waals surface area contributed by atoms with Crippen LogP contribution in [0.3, 0.4) is 0 Å². The molecule has 0 aromatic heterocycles. The second-order valence-electron chi connectivity index (χ2n) is 3.68. The molecule has 1 atom stereocenters. The monoisotopic (exact) mass is 184 g/mol. The van der Waals surface area contributed by atoms with Gasteiger partial charge in [0.15, 0.2) is 0 Å². The summed E-state index contributed by atoms with van der Waals surface area (Å²) < 4.78 is 0. The van der Waals surface area contributed by atoms with Gasteiger partial charge < -0.3 is 4.90 Å². The third kappa shape index (κ3) is 2.44. The van der Waals surface area contributed by atoms with Crippen molar-refractivity contribution in [1.82, 2.24) is 9.80 Å². The Morgan fingerprint density at radius 2 is 2.08 bits per heavy atom. The van der Waals surface area contributed by atoms with Gasteiger partial charge >= 0.3 is 0 Å². The Morgan fingerprint density at radius 1 is 1.38 bits per heavy atom. The molecule has 0 spiro atoms. The zero-order valence-electron chi connectivity index (χ0n) is 8.92. The normalized spacial score (nSPS) is 24.8. The molecule has 3 nitrogen and oxygen atoms in total. The van der Waals surface area contributed by atoms with Crippen molar-refractivity contribution < 1.29 is 4.79 Å². The summed E-state index contributed by atoms with van der Waals surface area (Å²) in [5.41, 5.74) is 0. The Morgan fingerprint density at radius 3 is 2.54 bits per heavy atom. The highest BCUT2D eigenvalue weighted by molar-refractivity contribution is 5.76. The van der Waals surface area contributed by atoms with Crippen LogP contribution in [0.1, 0.15) is 27.2 Å². The summed E-state index contributed by atoms with van der Waals surface area (Å²) in [7, 11) is 0. The van der Waals surface area contributed by atoms with Crippen LogP contribution in [0.5, 0.6) is 0 Å². The molecule has 1 saturated heterocycles. The quantitative estimate of drug-likeness (QED) is 0.638. The summed E-state index contributed by atoms with van der Waals surface area (Å²) in [6.45, 7) is 10.3. The molecule has 1 amide bonds. The summed E-state index contributed by atoms with van der Waals surface area (Å²) >= 11 is 0. The van der Waals surface area contributed by atoms with E-state index >= 15 is 0 Å². The van der Waals surface area contributed by atoms with Gasteiger partial charge in [0.1, 0.15) is 0 Å². The lowest BCUT2D eigenvalue weighted by Gasteiger charge is -2.39. The Balaban J connectivity index is 2.48. The van der Waals surface area contributed by atoms with Gasteiger partial charge in [-0.25, -0.2) is 0 Å². The number of hydrogen-bond donors (Lipinski definition) is 0. The molecule has 1 heterocycles. The number of carbonyl (C=O) groups is 1. The van der Waals surface area contributed by atoms with Crippen LogP contribution in [0.4, 0.5) is 0 Å². The molecule has 0 N–H and O–H groups in total. The fourth-order valence-corrected chi connectivity index (χ4v) is 1.89. The lowest BCUT2D eigenvalue weighted by atomic mass is 10.2. The van der Waals surface area contributed by atoms with E-state index < -0.39 is 0 Å². The smallest absolute Gasteiger partial charge is 0.222 e. The zero-order chi connectivity index (χ0) is 9.84. The molecule has 0 aromatic rings. The summed E-state index contributed by atoms with van der Waals surface area (Å²) in [6, 6.07) is 0.390.